The van der Waals surface area contributed by atoms with E-state index in [1.54, 1.807) is 13.8 Å². The van der Waals surface area contributed by atoms with E-state index < -0.39 is 24.0 Å². The van der Waals surface area contributed by atoms with Crippen molar-refractivity contribution in [3.8, 4) is 0 Å². The molecule has 0 aromatic rings. The first-order chi connectivity index (χ1) is 6.06. The summed E-state index contributed by atoms with van der Waals surface area (Å²) in [5.74, 6) is -2.18. The summed E-state index contributed by atoms with van der Waals surface area (Å²) in [5, 5.41) is 10.1. The molecule has 0 saturated heterocycles. The third kappa shape index (κ3) is 6.17. The van der Waals surface area contributed by atoms with Crippen molar-refractivity contribution in [2.75, 3.05) is 0 Å². The van der Waals surface area contributed by atoms with E-state index >= 15 is 0 Å². The molecule has 0 rings (SSSR count). The van der Waals surface area contributed by atoms with E-state index in [9.17, 15) is 14.7 Å². The normalized spacial score (nSPS) is 11.5. The molecule has 0 spiro atoms. The smallest absolute Gasteiger partial charge is 0.550 e. The standard InChI is InChI=1S/C10H18O4.Na/c1-9(2,3)10(4,5)14-8(13)6-7(11)12;/h6H2,1-5H3,(H,11,12);/q;+1/p-1. The molecule has 15 heavy (non-hydrogen) atoms. The summed E-state index contributed by atoms with van der Waals surface area (Å²) in [7, 11) is 0. The van der Waals surface area contributed by atoms with Gasteiger partial charge in [0.2, 0.25) is 0 Å². The van der Waals surface area contributed by atoms with E-state index in [0.717, 1.165) is 0 Å². The number of esters is 1. The van der Waals surface area contributed by atoms with Gasteiger partial charge in [0.25, 0.3) is 0 Å². The topological polar surface area (TPSA) is 66.4 Å². The van der Waals surface area contributed by atoms with Crippen molar-refractivity contribution in [1.82, 2.24) is 0 Å². The Bertz CT molecular complexity index is 240. The number of carbonyl (C=O) groups excluding carboxylic acids is 2. The van der Waals surface area contributed by atoms with Gasteiger partial charge in [-0.25, -0.2) is 0 Å². The van der Waals surface area contributed by atoms with E-state index in [2.05, 4.69) is 0 Å². The van der Waals surface area contributed by atoms with E-state index in [1.165, 1.54) is 0 Å². The number of hydrogen-bond acceptors (Lipinski definition) is 4. The molecular formula is C10H17NaO4. The van der Waals surface area contributed by atoms with Gasteiger partial charge in [0.05, 0.1) is 12.4 Å². The summed E-state index contributed by atoms with van der Waals surface area (Å²) in [6.07, 6.45) is -0.695. The predicted molar refractivity (Wildman–Crippen MR) is 49.3 cm³/mol. The number of rotatable bonds is 3. The Balaban J connectivity index is 0. The Kier molecular flexibility index (Phi) is 6.79. The monoisotopic (exact) mass is 224 g/mol. The van der Waals surface area contributed by atoms with Gasteiger partial charge in [-0.05, 0) is 13.8 Å². The minimum atomic E-state index is -1.42. The molecule has 0 saturated carbocycles. The molecular weight excluding hydrogens is 207 g/mol. The molecule has 0 N–H and O–H groups in total. The van der Waals surface area contributed by atoms with Gasteiger partial charge in [-0.1, -0.05) is 20.8 Å². The van der Waals surface area contributed by atoms with Crippen LogP contribution in [0.1, 0.15) is 41.0 Å². The number of ether oxygens (including phenoxy) is 1. The third-order valence-corrected chi connectivity index (χ3v) is 2.46. The predicted octanol–water partition coefficient (Wildman–Crippen LogP) is -2.50. The minimum absolute atomic E-state index is 0. The molecule has 0 amide bonds. The number of carboxylic acid groups (broad SMARTS) is 1. The minimum Gasteiger partial charge on any atom is -0.550 e. The molecule has 0 bridgehead atoms. The van der Waals surface area contributed by atoms with Crippen LogP contribution in [0.5, 0.6) is 0 Å². The van der Waals surface area contributed by atoms with Gasteiger partial charge < -0.3 is 14.6 Å². The van der Waals surface area contributed by atoms with Crippen LogP contribution >= 0.6 is 0 Å². The molecule has 82 valence electrons. The van der Waals surface area contributed by atoms with Crippen LogP contribution in [0.25, 0.3) is 0 Å². The number of hydrogen-bond donors (Lipinski definition) is 0. The van der Waals surface area contributed by atoms with Gasteiger partial charge in [0, 0.05) is 5.41 Å². The second-order valence-corrected chi connectivity index (χ2v) is 4.78. The summed E-state index contributed by atoms with van der Waals surface area (Å²) >= 11 is 0. The fourth-order valence-electron chi connectivity index (χ4n) is 0.592. The van der Waals surface area contributed by atoms with E-state index in [0.29, 0.717) is 0 Å². The zero-order valence-corrected chi connectivity index (χ0v) is 12.3. The van der Waals surface area contributed by atoms with Crippen LogP contribution in [0.3, 0.4) is 0 Å². The third-order valence-electron chi connectivity index (χ3n) is 2.46. The molecule has 4 nitrogen and oxygen atoms in total. The van der Waals surface area contributed by atoms with Crippen molar-refractivity contribution in [1.29, 1.82) is 0 Å². The van der Waals surface area contributed by atoms with Gasteiger partial charge >= 0.3 is 35.5 Å². The van der Waals surface area contributed by atoms with Crippen molar-refractivity contribution in [2.45, 2.75) is 46.6 Å². The average molecular weight is 224 g/mol. The molecule has 0 radical (unpaired) electrons. The Hall–Kier alpha value is -0.0600. The fraction of sp³-hybridized carbons (Fsp3) is 0.800. The van der Waals surface area contributed by atoms with Crippen LogP contribution in [0.4, 0.5) is 0 Å². The fourth-order valence-corrected chi connectivity index (χ4v) is 0.592. The summed E-state index contributed by atoms with van der Waals surface area (Å²) in [6, 6.07) is 0. The van der Waals surface area contributed by atoms with Crippen molar-refractivity contribution in [3.63, 3.8) is 0 Å². The van der Waals surface area contributed by atoms with Gasteiger partial charge in [0.1, 0.15) is 5.60 Å². The largest absolute Gasteiger partial charge is 1.00 e. The second kappa shape index (κ2) is 5.87. The van der Waals surface area contributed by atoms with Crippen molar-refractivity contribution >= 4 is 11.9 Å². The summed E-state index contributed by atoms with van der Waals surface area (Å²) in [4.78, 5) is 21.2. The van der Waals surface area contributed by atoms with Crippen molar-refractivity contribution < 1.29 is 49.0 Å². The maximum atomic E-state index is 11.1. The maximum Gasteiger partial charge on any atom is 1.00 e. The van der Waals surface area contributed by atoms with Crippen LogP contribution in [0.15, 0.2) is 0 Å². The molecule has 0 aliphatic rings. The van der Waals surface area contributed by atoms with E-state index in [1.807, 2.05) is 20.8 Å². The van der Waals surface area contributed by atoms with Crippen LogP contribution in [-0.4, -0.2) is 17.5 Å². The average Bonchev–Trinajstić information content (AvgIpc) is 1.79. The maximum absolute atomic E-state index is 11.1. The van der Waals surface area contributed by atoms with E-state index in [-0.39, 0.29) is 35.0 Å². The molecule has 0 aliphatic carbocycles. The SMILES string of the molecule is CC(C)(C)C(C)(C)OC(=O)CC(=O)[O-].[Na+]. The number of aliphatic carboxylic acids is 1. The first-order valence-corrected chi connectivity index (χ1v) is 4.48. The Morgan fingerprint density at radius 2 is 1.53 bits per heavy atom. The molecule has 0 heterocycles. The van der Waals surface area contributed by atoms with Crippen molar-refractivity contribution in [2.24, 2.45) is 5.41 Å². The molecule has 0 atom stereocenters. The van der Waals surface area contributed by atoms with E-state index in [4.69, 9.17) is 4.74 Å². The first-order valence-electron chi connectivity index (χ1n) is 4.48. The Labute approximate surface area is 113 Å². The Morgan fingerprint density at radius 3 is 1.80 bits per heavy atom. The molecule has 0 aromatic heterocycles. The van der Waals surface area contributed by atoms with Gasteiger partial charge in [-0.3, -0.25) is 4.79 Å². The second-order valence-electron chi connectivity index (χ2n) is 4.78. The van der Waals surface area contributed by atoms with Crippen molar-refractivity contribution in [3.05, 3.63) is 0 Å². The molecule has 5 heteroatoms. The molecule has 0 aromatic carbocycles. The van der Waals surface area contributed by atoms with Gasteiger partial charge in [-0.15, -0.1) is 0 Å². The zero-order chi connectivity index (χ0) is 11.6. The zero-order valence-electron chi connectivity index (χ0n) is 10.3. The van der Waals surface area contributed by atoms with Crippen LogP contribution in [0, 0.1) is 5.41 Å². The number of carbonyl (C=O) groups is 2. The van der Waals surface area contributed by atoms with Crippen LogP contribution in [-0.2, 0) is 14.3 Å². The molecule has 0 fully saturated rings. The van der Waals surface area contributed by atoms with Gasteiger partial charge in [0.15, 0.2) is 0 Å². The summed E-state index contributed by atoms with van der Waals surface area (Å²) in [5.41, 5.74) is -0.936. The van der Waals surface area contributed by atoms with Gasteiger partial charge in [-0.2, -0.15) is 0 Å². The first kappa shape index (κ1) is 17.3. The summed E-state index contributed by atoms with van der Waals surface area (Å²) < 4.78 is 5.05. The molecule has 0 unspecified atom stereocenters. The number of carboxylic acids is 1. The summed E-state index contributed by atoms with van der Waals surface area (Å²) in [6.45, 7) is 9.25. The van der Waals surface area contributed by atoms with Crippen LogP contribution in [0.2, 0.25) is 0 Å². The van der Waals surface area contributed by atoms with Crippen LogP contribution < -0.4 is 34.7 Å². The quantitative estimate of drug-likeness (QED) is 0.302. The molecule has 0 aliphatic heterocycles. The Morgan fingerprint density at radius 1 is 1.13 bits per heavy atom.